The Hall–Kier alpha value is -3.03. The summed E-state index contributed by atoms with van der Waals surface area (Å²) in [5.41, 5.74) is 3.67. The van der Waals surface area contributed by atoms with E-state index in [1.807, 2.05) is 20.8 Å². The van der Waals surface area contributed by atoms with Crippen molar-refractivity contribution in [3.8, 4) is 17.1 Å². The minimum Gasteiger partial charge on any atom is -0.494 e. The minimum absolute atomic E-state index is 0.315. The van der Waals surface area contributed by atoms with Crippen LogP contribution < -0.4 is 4.74 Å². The summed E-state index contributed by atoms with van der Waals surface area (Å²) in [6.07, 6.45) is 0. The normalized spacial score (nSPS) is 11.5. The zero-order chi connectivity index (χ0) is 17.0. The molecule has 0 saturated carbocycles. The van der Waals surface area contributed by atoms with E-state index in [1.165, 1.54) is 19.2 Å². The molecule has 7 nitrogen and oxygen atoms in total. The van der Waals surface area contributed by atoms with Crippen molar-refractivity contribution in [1.82, 2.24) is 24.7 Å². The third-order valence-electron chi connectivity index (χ3n) is 4.00. The fourth-order valence-electron chi connectivity index (χ4n) is 2.92. The van der Waals surface area contributed by atoms with Gasteiger partial charge in [-0.15, -0.1) is 10.2 Å². The zero-order valence-corrected chi connectivity index (χ0v) is 13.6. The van der Waals surface area contributed by atoms with Gasteiger partial charge >= 0.3 is 0 Å². The molecule has 122 valence electrons. The molecule has 0 saturated heterocycles. The van der Waals surface area contributed by atoms with Crippen LogP contribution in [0, 0.1) is 26.6 Å². The van der Waals surface area contributed by atoms with Crippen molar-refractivity contribution in [2.75, 3.05) is 7.11 Å². The average molecular weight is 327 g/mol. The van der Waals surface area contributed by atoms with Crippen LogP contribution in [0.5, 0.6) is 5.75 Å². The molecular weight excluding hydrogens is 313 g/mol. The molecule has 0 bridgehead atoms. The number of fused-ring (bicyclic) bond motifs is 3. The van der Waals surface area contributed by atoms with Crippen LogP contribution in [0.4, 0.5) is 4.39 Å². The number of hydrogen-bond donors (Lipinski definition) is 0. The molecule has 4 aromatic rings. The van der Waals surface area contributed by atoms with Crippen LogP contribution in [0.2, 0.25) is 0 Å². The van der Waals surface area contributed by atoms with Crippen molar-refractivity contribution in [2.24, 2.45) is 0 Å². The highest BCUT2D eigenvalue weighted by Crippen LogP contribution is 2.32. The van der Waals surface area contributed by atoms with E-state index in [-0.39, 0.29) is 0 Å². The number of benzene rings is 1. The molecule has 3 heterocycles. The van der Waals surface area contributed by atoms with E-state index >= 15 is 0 Å². The summed E-state index contributed by atoms with van der Waals surface area (Å²) < 4.78 is 26.3. The molecule has 0 N–H and O–H groups in total. The molecule has 0 aliphatic heterocycles. The average Bonchev–Trinajstić information content (AvgIpc) is 3.06. The molecule has 8 heteroatoms. The molecule has 24 heavy (non-hydrogen) atoms. The van der Waals surface area contributed by atoms with E-state index in [9.17, 15) is 4.39 Å². The Kier molecular flexibility index (Phi) is 3.02. The van der Waals surface area contributed by atoms with Crippen LogP contribution >= 0.6 is 0 Å². The number of halogens is 1. The van der Waals surface area contributed by atoms with Gasteiger partial charge in [-0.05, 0) is 20.8 Å². The van der Waals surface area contributed by atoms with Crippen LogP contribution in [-0.4, -0.2) is 31.8 Å². The van der Waals surface area contributed by atoms with Gasteiger partial charge in [0.25, 0.3) is 0 Å². The Balaban J connectivity index is 2.22. The lowest BCUT2D eigenvalue weighted by Gasteiger charge is -2.08. The maximum Gasteiger partial charge on any atom is 0.183 e. The molecule has 3 aromatic heterocycles. The number of methoxy groups -OCH3 is 1. The van der Waals surface area contributed by atoms with Crippen molar-refractivity contribution in [1.29, 1.82) is 0 Å². The predicted octanol–water partition coefficient (Wildman–Crippen LogP) is 3.01. The van der Waals surface area contributed by atoms with Gasteiger partial charge in [0.1, 0.15) is 11.6 Å². The molecule has 0 amide bonds. The Labute approximate surface area is 136 Å². The van der Waals surface area contributed by atoms with E-state index in [0.29, 0.717) is 45.4 Å². The first-order valence-corrected chi connectivity index (χ1v) is 7.33. The molecule has 0 unspecified atom stereocenters. The molecule has 0 spiro atoms. The first kappa shape index (κ1) is 14.6. The lowest BCUT2D eigenvalue weighted by molar-refractivity contribution is 0.393. The molecule has 0 atom stereocenters. The summed E-state index contributed by atoms with van der Waals surface area (Å²) >= 11 is 0. The van der Waals surface area contributed by atoms with Gasteiger partial charge in [0.15, 0.2) is 22.7 Å². The van der Waals surface area contributed by atoms with Gasteiger partial charge in [0.05, 0.1) is 29.6 Å². The summed E-state index contributed by atoms with van der Waals surface area (Å²) in [5, 5.41) is 12.4. The standard InChI is InChI=1S/C16H14FN5O2/c1-7-13(9(3)24-21-7)16-18-8(2)15-20-19-14-11(22(15)16)5-10(17)6-12(14)23-4/h5-6H,1-4H3. The summed E-state index contributed by atoms with van der Waals surface area (Å²) in [6, 6.07) is 2.67. The third-order valence-corrected chi connectivity index (χ3v) is 4.00. The number of hydrogen-bond acceptors (Lipinski definition) is 6. The molecule has 0 fully saturated rings. The topological polar surface area (TPSA) is 78.3 Å². The molecule has 1 aromatic carbocycles. The second-order valence-electron chi connectivity index (χ2n) is 5.55. The van der Waals surface area contributed by atoms with Gasteiger partial charge in [0, 0.05) is 12.1 Å². The highest BCUT2D eigenvalue weighted by Gasteiger charge is 2.22. The van der Waals surface area contributed by atoms with E-state index in [0.717, 1.165) is 5.56 Å². The summed E-state index contributed by atoms with van der Waals surface area (Å²) in [5.74, 6) is 1.11. The number of aryl methyl sites for hydroxylation is 3. The summed E-state index contributed by atoms with van der Waals surface area (Å²) in [4.78, 5) is 4.59. The maximum atomic E-state index is 14.1. The molecule has 0 aliphatic carbocycles. The van der Waals surface area contributed by atoms with Gasteiger partial charge in [-0.3, -0.25) is 4.40 Å². The highest BCUT2D eigenvalue weighted by molar-refractivity contribution is 5.85. The maximum absolute atomic E-state index is 14.1. The van der Waals surface area contributed by atoms with Gasteiger partial charge in [0.2, 0.25) is 0 Å². The van der Waals surface area contributed by atoms with Crippen LogP contribution in [0.25, 0.3) is 28.1 Å². The van der Waals surface area contributed by atoms with Crippen LogP contribution in [-0.2, 0) is 0 Å². The molecule has 4 rings (SSSR count). The van der Waals surface area contributed by atoms with E-state index in [4.69, 9.17) is 9.26 Å². The summed E-state index contributed by atoms with van der Waals surface area (Å²) in [6.45, 7) is 5.47. The number of imidazole rings is 1. The largest absolute Gasteiger partial charge is 0.494 e. The lowest BCUT2D eigenvalue weighted by Crippen LogP contribution is -2.00. The van der Waals surface area contributed by atoms with Crippen LogP contribution in [0.15, 0.2) is 16.7 Å². The number of rotatable bonds is 2. The van der Waals surface area contributed by atoms with Crippen LogP contribution in [0.3, 0.4) is 0 Å². The molecule has 0 radical (unpaired) electrons. The van der Waals surface area contributed by atoms with Gasteiger partial charge in [-0.1, -0.05) is 5.16 Å². The number of aromatic nitrogens is 5. The second-order valence-corrected chi connectivity index (χ2v) is 5.55. The zero-order valence-electron chi connectivity index (χ0n) is 13.6. The first-order chi connectivity index (χ1) is 11.5. The van der Waals surface area contributed by atoms with Crippen molar-refractivity contribution in [2.45, 2.75) is 20.8 Å². The Bertz CT molecular complexity index is 1080. The monoisotopic (exact) mass is 327 g/mol. The van der Waals surface area contributed by atoms with E-state index < -0.39 is 5.82 Å². The summed E-state index contributed by atoms with van der Waals surface area (Å²) in [7, 11) is 1.47. The quantitative estimate of drug-likeness (QED) is 0.563. The minimum atomic E-state index is -0.426. The first-order valence-electron chi connectivity index (χ1n) is 7.33. The Morgan fingerprint density at radius 3 is 2.58 bits per heavy atom. The van der Waals surface area contributed by atoms with Crippen molar-refractivity contribution in [3.63, 3.8) is 0 Å². The van der Waals surface area contributed by atoms with Crippen LogP contribution in [0.1, 0.15) is 17.1 Å². The van der Waals surface area contributed by atoms with Crippen molar-refractivity contribution in [3.05, 3.63) is 35.1 Å². The Morgan fingerprint density at radius 2 is 1.92 bits per heavy atom. The van der Waals surface area contributed by atoms with E-state index in [1.54, 1.807) is 4.40 Å². The SMILES string of the molecule is COc1cc(F)cc2c1nnc1c(C)nc(-c3c(C)noc3C)n12. The molecular formula is C16H14FN5O2. The fraction of sp³-hybridized carbons (Fsp3) is 0.250. The number of ether oxygens (including phenoxy) is 1. The van der Waals surface area contributed by atoms with Crippen molar-refractivity contribution < 1.29 is 13.7 Å². The van der Waals surface area contributed by atoms with E-state index in [2.05, 4.69) is 20.3 Å². The molecule has 0 aliphatic rings. The fourth-order valence-corrected chi connectivity index (χ4v) is 2.92. The highest BCUT2D eigenvalue weighted by atomic mass is 19.1. The predicted molar refractivity (Wildman–Crippen MR) is 84.5 cm³/mol. The van der Waals surface area contributed by atoms with Gasteiger partial charge in [-0.2, -0.15) is 0 Å². The van der Waals surface area contributed by atoms with Crippen molar-refractivity contribution >= 4 is 16.7 Å². The van der Waals surface area contributed by atoms with Gasteiger partial charge in [-0.25, -0.2) is 9.37 Å². The lowest BCUT2D eigenvalue weighted by atomic mass is 10.2. The Morgan fingerprint density at radius 1 is 1.12 bits per heavy atom. The third kappa shape index (κ3) is 1.89. The number of nitrogens with zero attached hydrogens (tertiary/aromatic N) is 5. The smallest absolute Gasteiger partial charge is 0.183 e. The second kappa shape index (κ2) is 4.98. The van der Waals surface area contributed by atoms with Gasteiger partial charge < -0.3 is 9.26 Å².